The van der Waals surface area contributed by atoms with Gasteiger partial charge in [0.05, 0.1) is 24.7 Å². The molecule has 0 amide bonds. The number of nitriles is 1. The summed E-state index contributed by atoms with van der Waals surface area (Å²) in [5.41, 5.74) is 4.71. The molecule has 0 aliphatic heterocycles. The minimum absolute atomic E-state index is 0.162. The van der Waals surface area contributed by atoms with Crippen LogP contribution in [0.5, 0.6) is 5.75 Å². The van der Waals surface area contributed by atoms with E-state index >= 15 is 0 Å². The Morgan fingerprint density at radius 3 is 2.82 bits per heavy atom. The van der Waals surface area contributed by atoms with Crippen LogP contribution in [0.4, 0.5) is 0 Å². The van der Waals surface area contributed by atoms with E-state index in [0.717, 1.165) is 44.3 Å². The number of unbranched alkanes of at least 4 members (excludes halogenated alkanes) is 2. The number of aliphatic hydroxyl groups excluding tert-OH is 1. The first kappa shape index (κ1) is 19.5. The van der Waals surface area contributed by atoms with Gasteiger partial charge < -0.3 is 9.84 Å². The maximum absolute atomic E-state index is 10.9. The predicted octanol–water partition coefficient (Wildman–Crippen LogP) is 5.67. The third-order valence-corrected chi connectivity index (χ3v) is 7.93. The van der Waals surface area contributed by atoms with Gasteiger partial charge in [-0.25, -0.2) is 0 Å². The van der Waals surface area contributed by atoms with Crippen molar-refractivity contribution in [2.45, 2.75) is 77.7 Å². The number of aryl methyl sites for hydroxylation is 1. The van der Waals surface area contributed by atoms with Crippen molar-refractivity contribution in [1.82, 2.24) is 0 Å². The quantitative estimate of drug-likeness (QED) is 0.671. The maximum Gasteiger partial charge on any atom is 0.119 e. The van der Waals surface area contributed by atoms with Crippen LogP contribution in [0.3, 0.4) is 0 Å². The first-order valence-corrected chi connectivity index (χ1v) is 11.0. The summed E-state index contributed by atoms with van der Waals surface area (Å²) in [6.45, 7) is 4.48. The topological polar surface area (TPSA) is 53.2 Å². The number of fused-ring (bicyclic) bond motifs is 5. The Balaban J connectivity index is 1.90. The van der Waals surface area contributed by atoms with E-state index in [1.807, 2.05) is 6.07 Å². The first-order chi connectivity index (χ1) is 13.5. The third-order valence-electron chi connectivity index (χ3n) is 7.93. The third kappa shape index (κ3) is 2.72. The number of allylic oxidation sites excluding steroid dienone is 2. The van der Waals surface area contributed by atoms with E-state index < -0.39 is 5.41 Å². The van der Waals surface area contributed by atoms with Crippen LogP contribution >= 0.6 is 0 Å². The molecule has 0 bridgehead atoms. The number of aliphatic hydroxyl groups is 1. The largest absolute Gasteiger partial charge is 0.497 e. The van der Waals surface area contributed by atoms with Crippen molar-refractivity contribution in [1.29, 1.82) is 5.26 Å². The predicted molar refractivity (Wildman–Crippen MR) is 112 cm³/mol. The van der Waals surface area contributed by atoms with E-state index in [2.05, 4.69) is 32.0 Å². The van der Waals surface area contributed by atoms with Gasteiger partial charge in [-0.1, -0.05) is 38.3 Å². The van der Waals surface area contributed by atoms with E-state index in [1.54, 1.807) is 7.11 Å². The lowest BCUT2D eigenvalue weighted by Crippen LogP contribution is -2.48. The van der Waals surface area contributed by atoms with Gasteiger partial charge >= 0.3 is 0 Å². The number of rotatable bonds is 5. The standard InChI is InChI=1S/C25H33NO2/c1-4-5-6-7-18-15-24(2)21(10-11-22(24)27)25(16-26)13-12-17-14-19(28-3)8-9-20(17)23(18)25/h8-9,14,21-22,27H,4-7,10-13,15H2,1-3H3/t21-,22+,24+,25-/m1/s1. The minimum Gasteiger partial charge on any atom is -0.497 e. The SMILES string of the molecule is CCCCCC1=C2c3ccc(OC)cc3CC[C@@]2(C#N)[C@@H]2CC[C@H](O)[C@@]2(C)C1. The van der Waals surface area contributed by atoms with Crippen molar-refractivity contribution in [3.8, 4) is 11.8 Å². The van der Waals surface area contributed by atoms with Gasteiger partial charge in [-0.2, -0.15) is 5.26 Å². The number of benzene rings is 1. The summed E-state index contributed by atoms with van der Waals surface area (Å²) < 4.78 is 5.46. The molecular weight excluding hydrogens is 346 g/mol. The summed E-state index contributed by atoms with van der Waals surface area (Å²) in [5, 5.41) is 21.4. The second kappa shape index (κ2) is 7.23. The fourth-order valence-electron chi connectivity index (χ4n) is 6.51. The molecule has 1 fully saturated rings. The molecule has 1 N–H and O–H groups in total. The molecule has 28 heavy (non-hydrogen) atoms. The number of methoxy groups -OCH3 is 1. The summed E-state index contributed by atoms with van der Waals surface area (Å²) in [7, 11) is 1.71. The molecule has 4 rings (SSSR count). The highest BCUT2D eigenvalue weighted by Gasteiger charge is 2.61. The fraction of sp³-hybridized carbons (Fsp3) is 0.640. The molecule has 150 valence electrons. The molecule has 3 heteroatoms. The molecule has 0 spiro atoms. The molecule has 4 atom stereocenters. The van der Waals surface area contributed by atoms with Gasteiger partial charge in [0.2, 0.25) is 0 Å². The first-order valence-electron chi connectivity index (χ1n) is 11.0. The van der Waals surface area contributed by atoms with Crippen molar-refractivity contribution in [3.63, 3.8) is 0 Å². The summed E-state index contributed by atoms with van der Waals surface area (Å²) in [6.07, 6.45) is 8.84. The number of nitrogens with zero attached hydrogens (tertiary/aromatic N) is 1. The van der Waals surface area contributed by atoms with Crippen molar-refractivity contribution < 1.29 is 9.84 Å². The molecule has 3 nitrogen and oxygen atoms in total. The zero-order valence-corrected chi connectivity index (χ0v) is 17.6. The molecule has 1 saturated carbocycles. The Kier molecular flexibility index (Phi) is 5.04. The van der Waals surface area contributed by atoms with Crippen LogP contribution in [-0.4, -0.2) is 18.3 Å². The molecule has 0 radical (unpaired) electrons. The van der Waals surface area contributed by atoms with E-state index in [9.17, 15) is 10.4 Å². The molecular formula is C25H33NO2. The van der Waals surface area contributed by atoms with Crippen LogP contribution in [0, 0.1) is 28.1 Å². The summed E-state index contributed by atoms with van der Waals surface area (Å²) in [4.78, 5) is 0. The highest BCUT2D eigenvalue weighted by molar-refractivity contribution is 5.81. The highest BCUT2D eigenvalue weighted by atomic mass is 16.5. The number of hydrogen-bond acceptors (Lipinski definition) is 3. The molecule has 3 aliphatic carbocycles. The monoisotopic (exact) mass is 379 g/mol. The Morgan fingerprint density at radius 2 is 2.11 bits per heavy atom. The maximum atomic E-state index is 10.9. The number of hydrogen-bond donors (Lipinski definition) is 1. The van der Waals surface area contributed by atoms with Crippen molar-refractivity contribution in [2.24, 2.45) is 16.7 Å². The second-order valence-corrected chi connectivity index (χ2v) is 9.37. The average molecular weight is 380 g/mol. The molecule has 1 aromatic rings. The smallest absolute Gasteiger partial charge is 0.119 e. The molecule has 0 heterocycles. The van der Waals surface area contributed by atoms with Gasteiger partial charge in [0.1, 0.15) is 5.75 Å². The normalized spacial score (nSPS) is 33.7. The van der Waals surface area contributed by atoms with Gasteiger partial charge in [-0.15, -0.1) is 0 Å². The van der Waals surface area contributed by atoms with Crippen LogP contribution in [0.1, 0.15) is 76.3 Å². The average Bonchev–Trinajstić information content (AvgIpc) is 3.02. The van der Waals surface area contributed by atoms with E-state index in [0.29, 0.717) is 0 Å². The van der Waals surface area contributed by atoms with Crippen LogP contribution < -0.4 is 4.74 Å². The van der Waals surface area contributed by atoms with Crippen LogP contribution in [0.2, 0.25) is 0 Å². The molecule has 3 aliphatic rings. The molecule has 1 aromatic carbocycles. The lowest BCUT2D eigenvalue weighted by atomic mass is 9.50. The summed E-state index contributed by atoms with van der Waals surface area (Å²) in [6, 6.07) is 9.21. The van der Waals surface area contributed by atoms with Crippen LogP contribution in [0.15, 0.2) is 23.8 Å². The zero-order valence-electron chi connectivity index (χ0n) is 17.6. The second-order valence-electron chi connectivity index (χ2n) is 9.37. The zero-order chi connectivity index (χ0) is 19.9. The van der Waals surface area contributed by atoms with Crippen LogP contribution in [0.25, 0.3) is 5.57 Å². The Morgan fingerprint density at radius 1 is 1.29 bits per heavy atom. The fourth-order valence-corrected chi connectivity index (χ4v) is 6.51. The summed E-state index contributed by atoms with van der Waals surface area (Å²) in [5.74, 6) is 1.15. The lowest BCUT2D eigenvalue weighted by Gasteiger charge is -2.52. The summed E-state index contributed by atoms with van der Waals surface area (Å²) >= 11 is 0. The van der Waals surface area contributed by atoms with Crippen molar-refractivity contribution in [3.05, 3.63) is 34.9 Å². The highest BCUT2D eigenvalue weighted by Crippen LogP contribution is 2.66. The number of ether oxygens (including phenoxy) is 1. The van der Waals surface area contributed by atoms with Gasteiger partial charge in [-0.05, 0) is 79.7 Å². The lowest BCUT2D eigenvalue weighted by molar-refractivity contribution is 0.00765. The molecule has 0 aromatic heterocycles. The van der Waals surface area contributed by atoms with Crippen molar-refractivity contribution >= 4 is 5.57 Å². The van der Waals surface area contributed by atoms with E-state index in [1.165, 1.54) is 41.5 Å². The van der Waals surface area contributed by atoms with E-state index in [-0.39, 0.29) is 17.4 Å². The van der Waals surface area contributed by atoms with Crippen LogP contribution in [-0.2, 0) is 6.42 Å². The molecule has 0 unspecified atom stereocenters. The Bertz CT molecular complexity index is 835. The van der Waals surface area contributed by atoms with Gasteiger partial charge in [0.15, 0.2) is 0 Å². The molecule has 0 saturated heterocycles. The minimum atomic E-state index is -0.451. The van der Waals surface area contributed by atoms with Gasteiger partial charge in [0, 0.05) is 5.41 Å². The van der Waals surface area contributed by atoms with Gasteiger partial charge in [0.25, 0.3) is 0 Å². The Labute approximate surface area is 169 Å². The van der Waals surface area contributed by atoms with E-state index in [4.69, 9.17) is 4.74 Å². The van der Waals surface area contributed by atoms with Gasteiger partial charge in [-0.3, -0.25) is 0 Å². The Hall–Kier alpha value is -1.79. The van der Waals surface area contributed by atoms with Crippen molar-refractivity contribution in [2.75, 3.05) is 7.11 Å².